The molecule has 1 heterocycles. The topological polar surface area (TPSA) is 38.4 Å². The van der Waals surface area contributed by atoms with E-state index < -0.39 is 0 Å². The van der Waals surface area contributed by atoms with Crippen molar-refractivity contribution in [2.75, 3.05) is 0 Å². The van der Waals surface area contributed by atoms with Crippen molar-refractivity contribution in [1.82, 2.24) is 0 Å². The van der Waals surface area contributed by atoms with E-state index in [1.807, 2.05) is 12.2 Å². The molecule has 0 aromatic rings. The lowest BCUT2D eigenvalue weighted by molar-refractivity contribution is 1.12. The van der Waals surface area contributed by atoms with E-state index in [0.29, 0.717) is 4.99 Å². The van der Waals surface area contributed by atoms with Crippen LogP contribution in [0.1, 0.15) is 0 Å². The van der Waals surface area contributed by atoms with Gasteiger partial charge in [0.2, 0.25) is 0 Å². The van der Waals surface area contributed by atoms with Gasteiger partial charge in [0.1, 0.15) is 11.0 Å². The zero-order valence-corrected chi connectivity index (χ0v) is 5.06. The molecule has 42 valence electrons. The quantitative estimate of drug-likeness (QED) is 0.512. The molecule has 0 aromatic carbocycles. The van der Waals surface area contributed by atoms with Gasteiger partial charge in [-0.2, -0.15) is 0 Å². The van der Waals surface area contributed by atoms with E-state index in [9.17, 15) is 0 Å². The van der Waals surface area contributed by atoms with Crippen LogP contribution in [0.3, 0.4) is 0 Å². The van der Waals surface area contributed by atoms with Crippen LogP contribution in [0.25, 0.3) is 0 Å². The minimum absolute atomic E-state index is 0.0370. The van der Waals surface area contributed by atoms with E-state index in [2.05, 4.69) is 17.2 Å². The minimum Gasteiger partial charge on any atom is -0.391 e. The summed E-state index contributed by atoms with van der Waals surface area (Å²) in [5, 5.41) is 0. The summed E-state index contributed by atoms with van der Waals surface area (Å²) in [4.78, 5) is 4.37. The third-order valence-corrected chi connectivity index (χ3v) is 1.16. The van der Waals surface area contributed by atoms with Gasteiger partial charge in [-0.1, -0.05) is 18.3 Å². The van der Waals surface area contributed by atoms with Crippen LogP contribution in [-0.4, -0.2) is 17.2 Å². The highest BCUT2D eigenvalue weighted by molar-refractivity contribution is 7.80. The number of allylic oxidation sites excluding steroid dienone is 1. The van der Waals surface area contributed by atoms with Crippen LogP contribution >= 0.6 is 12.2 Å². The van der Waals surface area contributed by atoms with Gasteiger partial charge in [-0.05, 0) is 6.08 Å². The highest BCUT2D eigenvalue weighted by Crippen LogP contribution is 1.98. The summed E-state index contributed by atoms with van der Waals surface area (Å²) >= 11 is 4.67. The molecule has 2 N–H and O–H groups in total. The first-order valence-electron chi connectivity index (χ1n) is 2.30. The van der Waals surface area contributed by atoms with Gasteiger partial charge in [0, 0.05) is 6.21 Å². The number of hydrogen-bond donors (Lipinski definition) is 1. The van der Waals surface area contributed by atoms with Gasteiger partial charge in [0.15, 0.2) is 0 Å². The van der Waals surface area contributed by atoms with Gasteiger partial charge in [-0.3, -0.25) is 4.99 Å². The number of nitrogens with zero attached hydrogens (tertiary/aromatic N) is 1. The molecule has 0 bridgehead atoms. The molecular weight excluding hydrogens is 120 g/mol. The second kappa shape index (κ2) is 2.05. The van der Waals surface area contributed by atoms with Crippen LogP contribution < -0.4 is 5.73 Å². The van der Waals surface area contributed by atoms with Crippen LogP contribution in [0.15, 0.2) is 17.1 Å². The summed E-state index contributed by atoms with van der Waals surface area (Å²) in [5.41, 5.74) is 5.26. The Morgan fingerprint density at radius 3 is 2.75 bits per heavy atom. The first kappa shape index (κ1) is 5.44. The summed E-state index contributed by atoms with van der Waals surface area (Å²) in [6, 6.07) is -0.0370. The zero-order chi connectivity index (χ0) is 5.98. The summed E-state index contributed by atoms with van der Waals surface area (Å²) in [6.45, 7) is 0. The molecule has 1 aliphatic heterocycles. The molecule has 0 spiro atoms. The van der Waals surface area contributed by atoms with Crippen LogP contribution in [0, 0.1) is 0 Å². The number of thiocarbonyl (C=S) groups is 1. The zero-order valence-electron chi connectivity index (χ0n) is 4.24. The average molecular weight is 126 g/mol. The molecule has 8 heavy (non-hydrogen) atoms. The molecule has 1 aliphatic rings. The monoisotopic (exact) mass is 126 g/mol. The van der Waals surface area contributed by atoms with E-state index in [1.165, 1.54) is 0 Å². The molecule has 0 aromatic heterocycles. The Kier molecular flexibility index (Phi) is 1.39. The Hall–Kier alpha value is -0.700. The Labute approximate surface area is 53.1 Å². The van der Waals surface area contributed by atoms with Crippen LogP contribution in [0.2, 0.25) is 0 Å². The molecule has 0 fully saturated rings. The average Bonchev–Trinajstić information content (AvgIpc) is 2.12. The lowest BCUT2D eigenvalue weighted by atomic mass is 10.3. The first-order valence-corrected chi connectivity index (χ1v) is 2.71. The lowest BCUT2D eigenvalue weighted by Gasteiger charge is -1.97. The van der Waals surface area contributed by atoms with Crippen LogP contribution in [0.5, 0.6) is 0 Å². The molecule has 3 heteroatoms. The predicted molar refractivity (Wildman–Crippen MR) is 38.2 cm³/mol. The van der Waals surface area contributed by atoms with E-state index in [-0.39, 0.29) is 6.04 Å². The molecule has 1 atom stereocenters. The standard InChI is InChI=1S/C5H6N2S/c6-5(8)4-2-1-3-7-4/h1-4H,(H2,6,8)/t4-/m1/s1. The molecule has 0 amide bonds. The summed E-state index contributed by atoms with van der Waals surface area (Å²) in [5.74, 6) is 0. The van der Waals surface area contributed by atoms with Gasteiger partial charge < -0.3 is 5.73 Å². The summed E-state index contributed by atoms with van der Waals surface area (Å²) in [6.07, 6.45) is 5.40. The maximum Gasteiger partial charge on any atom is 0.118 e. The van der Waals surface area contributed by atoms with Crippen LogP contribution in [-0.2, 0) is 0 Å². The molecule has 0 saturated heterocycles. The minimum atomic E-state index is -0.0370. The van der Waals surface area contributed by atoms with Gasteiger partial charge in [-0.15, -0.1) is 0 Å². The van der Waals surface area contributed by atoms with E-state index in [0.717, 1.165) is 0 Å². The number of aliphatic imine (C=N–C) groups is 1. The second-order valence-corrected chi connectivity index (χ2v) is 2.00. The highest BCUT2D eigenvalue weighted by Gasteiger charge is 2.05. The highest BCUT2D eigenvalue weighted by atomic mass is 32.1. The third-order valence-electron chi connectivity index (χ3n) is 0.918. The van der Waals surface area contributed by atoms with Crippen molar-refractivity contribution in [3.05, 3.63) is 12.2 Å². The largest absolute Gasteiger partial charge is 0.391 e. The van der Waals surface area contributed by atoms with E-state index in [4.69, 9.17) is 5.73 Å². The molecule has 0 radical (unpaired) electrons. The van der Waals surface area contributed by atoms with Crippen molar-refractivity contribution < 1.29 is 0 Å². The lowest BCUT2D eigenvalue weighted by Crippen LogP contribution is -2.21. The summed E-state index contributed by atoms with van der Waals surface area (Å²) < 4.78 is 0. The van der Waals surface area contributed by atoms with Crippen molar-refractivity contribution in [3.63, 3.8) is 0 Å². The van der Waals surface area contributed by atoms with Crippen LogP contribution in [0.4, 0.5) is 0 Å². The molecule has 1 rings (SSSR count). The maximum absolute atomic E-state index is 5.26. The Morgan fingerprint density at radius 1 is 1.75 bits per heavy atom. The van der Waals surface area contributed by atoms with Crippen molar-refractivity contribution in [3.8, 4) is 0 Å². The predicted octanol–water partition coefficient (Wildman–Crippen LogP) is 0.282. The van der Waals surface area contributed by atoms with Gasteiger partial charge in [0.05, 0.1) is 0 Å². The van der Waals surface area contributed by atoms with Crippen molar-refractivity contribution >= 4 is 23.4 Å². The number of rotatable bonds is 1. The second-order valence-electron chi connectivity index (χ2n) is 1.53. The number of hydrogen-bond acceptors (Lipinski definition) is 2. The molecule has 0 unspecified atom stereocenters. The van der Waals surface area contributed by atoms with Gasteiger partial charge in [-0.25, -0.2) is 0 Å². The SMILES string of the molecule is NC(=S)[C@H]1C=CC=N1. The molecular formula is C5H6N2S. The molecule has 0 aliphatic carbocycles. The van der Waals surface area contributed by atoms with Crippen molar-refractivity contribution in [2.24, 2.45) is 10.7 Å². The van der Waals surface area contributed by atoms with Gasteiger partial charge >= 0.3 is 0 Å². The summed E-state index contributed by atoms with van der Waals surface area (Å²) in [7, 11) is 0. The van der Waals surface area contributed by atoms with Crippen molar-refractivity contribution in [2.45, 2.75) is 6.04 Å². The van der Waals surface area contributed by atoms with Gasteiger partial charge in [0.25, 0.3) is 0 Å². The van der Waals surface area contributed by atoms with E-state index in [1.54, 1.807) is 6.21 Å². The Bertz CT molecular complexity index is 148. The fourth-order valence-corrected chi connectivity index (χ4v) is 0.655. The Balaban J connectivity index is 2.62. The fraction of sp³-hybridized carbons (Fsp3) is 0.200. The third kappa shape index (κ3) is 0.924. The first-order chi connectivity index (χ1) is 3.80. The molecule has 0 saturated carbocycles. The fourth-order valence-electron chi connectivity index (χ4n) is 0.515. The molecule has 2 nitrogen and oxygen atoms in total. The van der Waals surface area contributed by atoms with E-state index >= 15 is 0 Å². The van der Waals surface area contributed by atoms with Crippen molar-refractivity contribution in [1.29, 1.82) is 0 Å². The maximum atomic E-state index is 5.26. The smallest absolute Gasteiger partial charge is 0.118 e. The normalized spacial score (nSPS) is 24.2. The Morgan fingerprint density at radius 2 is 2.50 bits per heavy atom. The number of nitrogens with two attached hydrogens (primary N) is 1.